The molecule has 0 saturated heterocycles. The predicted molar refractivity (Wildman–Crippen MR) is 75.1 cm³/mol. The summed E-state index contributed by atoms with van der Waals surface area (Å²) in [5.74, 6) is 0.734. The highest BCUT2D eigenvalue weighted by Crippen LogP contribution is 2.13. The van der Waals surface area contributed by atoms with Gasteiger partial charge in [-0.1, -0.05) is 12.1 Å². The van der Waals surface area contributed by atoms with E-state index in [9.17, 15) is 8.42 Å². The van der Waals surface area contributed by atoms with E-state index >= 15 is 0 Å². The third kappa shape index (κ3) is 3.37. The molecule has 0 spiro atoms. The van der Waals surface area contributed by atoms with Crippen molar-refractivity contribution in [3.05, 3.63) is 42.4 Å². The lowest BCUT2D eigenvalue weighted by atomic mass is 10.2. The van der Waals surface area contributed by atoms with E-state index in [1.54, 1.807) is 0 Å². The van der Waals surface area contributed by atoms with Gasteiger partial charge in [0.2, 0.25) is 0 Å². The average Bonchev–Trinajstić information content (AvgIpc) is 2.93. The van der Waals surface area contributed by atoms with Gasteiger partial charge in [-0.25, -0.2) is 13.4 Å². The average molecular weight is 295 g/mol. The molecule has 108 valence electrons. The Morgan fingerprint density at radius 2 is 2.20 bits per heavy atom. The van der Waals surface area contributed by atoms with Gasteiger partial charge >= 0.3 is 0 Å². The Bertz CT molecular complexity index is 653. The summed E-state index contributed by atoms with van der Waals surface area (Å²) < 4.78 is 30.9. The van der Waals surface area contributed by atoms with Gasteiger partial charge in [-0.05, 0) is 24.6 Å². The molecule has 1 aromatic heterocycles. The number of likely N-dealkylation sites (N-methyl/N-ethyl adjacent to an activating group) is 1. The minimum absolute atomic E-state index is 0.0792. The van der Waals surface area contributed by atoms with Crippen molar-refractivity contribution in [2.45, 2.75) is 11.9 Å². The molecule has 20 heavy (non-hydrogen) atoms. The number of imidazole rings is 1. The smallest absolute Gasteiger partial charge is 0.259 e. The number of nitrogens with one attached hydrogen (secondary N) is 1. The molecule has 0 fully saturated rings. The number of H-pyrrole nitrogens is 1. The van der Waals surface area contributed by atoms with E-state index in [2.05, 4.69) is 9.97 Å². The lowest BCUT2D eigenvalue weighted by molar-refractivity contribution is 0.286. The maximum atomic E-state index is 12.1. The molecule has 1 heterocycles. The minimum atomic E-state index is -3.52. The van der Waals surface area contributed by atoms with Gasteiger partial charge in [0, 0.05) is 13.6 Å². The fourth-order valence-corrected chi connectivity index (χ4v) is 2.72. The molecule has 2 rings (SSSR count). The summed E-state index contributed by atoms with van der Waals surface area (Å²) in [6.45, 7) is 2.52. The zero-order chi connectivity index (χ0) is 14.6. The summed E-state index contributed by atoms with van der Waals surface area (Å²) in [5.41, 5.74) is 1.10. The topological polar surface area (TPSA) is 75.3 Å². The lowest BCUT2D eigenvalue weighted by Gasteiger charge is -2.16. The minimum Gasteiger partial charge on any atom is -0.492 e. The number of ether oxygens (including phenoxy) is 1. The summed E-state index contributed by atoms with van der Waals surface area (Å²) in [4.78, 5) is 6.31. The Morgan fingerprint density at radius 3 is 2.85 bits per heavy atom. The van der Waals surface area contributed by atoms with Crippen LogP contribution in [0.1, 0.15) is 5.56 Å². The lowest BCUT2D eigenvalue weighted by Crippen LogP contribution is -2.31. The Labute approximate surface area is 118 Å². The van der Waals surface area contributed by atoms with Crippen LogP contribution in [0.25, 0.3) is 0 Å². The maximum absolute atomic E-state index is 12.1. The second-order valence-corrected chi connectivity index (χ2v) is 6.42. The standard InChI is InChI=1S/C13H17N3O3S/c1-11-4-3-5-12(8-11)19-7-6-16(2)20(17,18)13-9-14-10-15-13/h3-5,8-10H,6-7H2,1-2H3,(H,14,15). The second-order valence-electron chi connectivity index (χ2n) is 4.41. The van der Waals surface area contributed by atoms with Crippen molar-refractivity contribution in [2.24, 2.45) is 0 Å². The van der Waals surface area contributed by atoms with Crippen LogP contribution < -0.4 is 4.74 Å². The first-order chi connectivity index (χ1) is 9.50. The number of hydrogen-bond acceptors (Lipinski definition) is 4. The monoisotopic (exact) mass is 295 g/mol. The third-order valence-corrected chi connectivity index (χ3v) is 4.61. The predicted octanol–water partition coefficient (Wildman–Crippen LogP) is 1.42. The van der Waals surface area contributed by atoms with Gasteiger partial charge in [-0.2, -0.15) is 4.31 Å². The van der Waals surface area contributed by atoms with Gasteiger partial charge in [-0.15, -0.1) is 0 Å². The summed E-state index contributed by atoms with van der Waals surface area (Å²) in [6, 6.07) is 7.62. The fourth-order valence-electron chi connectivity index (χ4n) is 1.67. The van der Waals surface area contributed by atoms with E-state index in [1.165, 1.54) is 23.9 Å². The number of aromatic amines is 1. The molecule has 0 aliphatic heterocycles. The number of nitrogens with zero attached hydrogens (tertiary/aromatic N) is 2. The van der Waals surface area contributed by atoms with Crippen molar-refractivity contribution >= 4 is 10.0 Å². The van der Waals surface area contributed by atoms with Crippen LogP contribution in [0.2, 0.25) is 0 Å². The van der Waals surface area contributed by atoms with Crippen LogP contribution in [-0.2, 0) is 10.0 Å². The summed E-state index contributed by atoms with van der Waals surface area (Å²) in [7, 11) is -2.01. The van der Waals surface area contributed by atoms with Gasteiger partial charge in [0.25, 0.3) is 10.0 Å². The Balaban J connectivity index is 1.91. The van der Waals surface area contributed by atoms with Gasteiger partial charge in [0.15, 0.2) is 5.03 Å². The molecule has 0 radical (unpaired) electrons. The normalized spacial score (nSPS) is 11.8. The number of sulfonamides is 1. The molecule has 1 aromatic carbocycles. The van der Waals surface area contributed by atoms with Crippen LogP contribution >= 0.6 is 0 Å². The second kappa shape index (κ2) is 6.06. The van der Waals surface area contributed by atoms with Crippen molar-refractivity contribution in [3.63, 3.8) is 0 Å². The van der Waals surface area contributed by atoms with Gasteiger partial charge in [0.05, 0.1) is 12.5 Å². The van der Waals surface area contributed by atoms with Crippen LogP contribution in [0.3, 0.4) is 0 Å². The van der Waals surface area contributed by atoms with Crippen LogP contribution in [0, 0.1) is 6.92 Å². The maximum Gasteiger partial charge on any atom is 0.259 e. The first-order valence-corrected chi connectivity index (χ1v) is 7.58. The number of rotatable bonds is 6. The SMILES string of the molecule is Cc1cccc(OCCN(C)S(=O)(=O)c2cnc[nH]2)c1. The third-order valence-electron chi connectivity index (χ3n) is 2.83. The van der Waals surface area contributed by atoms with Gasteiger partial charge < -0.3 is 9.72 Å². The number of aromatic nitrogens is 2. The van der Waals surface area contributed by atoms with Crippen molar-refractivity contribution < 1.29 is 13.2 Å². The van der Waals surface area contributed by atoms with Crippen molar-refractivity contribution in [3.8, 4) is 5.75 Å². The van der Waals surface area contributed by atoms with Gasteiger partial charge in [0.1, 0.15) is 12.4 Å². The van der Waals surface area contributed by atoms with Crippen LogP contribution in [0.15, 0.2) is 41.8 Å². The Kier molecular flexibility index (Phi) is 4.41. The molecule has 0 saturated carbocycles. The highest BCUT2D eigenvalue weighted by atomic mass is 32.2. The molecule has 0 aliphatic rings. The zero-order valence-electron chi connectivity index (χ0n) is 11.4. The largest absolute Gasteiger partial charge is 0.492 e. The summed E-state index contributed by atoms with van der Waals surface area (Å²) in [6.07, 6.45) is 2.62. The first-order valence-electron chi connectivity index (χ1n) is 6.14. The Morgan fingerprint density at radius 1 is 1.40 bits per heavy atom. The van der Waals surface area contributed by atoms with Crippen LogP contribution in [0.4, 0.5) is 0 Å². The van der Waals surface area contributed by atoms with E-state index in [0.29, 0.717) is 0 Å². The quantitative estimate of drug-likeness (QED) is 0.874. The molecule has 2 aromatic rings. The molecule has 0 bridgehead atoms. The molecule has 1 N–H and O–H groups in total. The molecule has 7 heteroatoms. The molecule has 0 aliphatic carbocycles. The van der Waals surface area contributed by atoms with E-state index in [1.807, 2.05) is 31.2 Å². The van der Waals surface area contributed by atoms with E-state index in [0.717, 1.165) is 11.3 Å². The summed E-state index contributed by atoms with van der Waals surface area (Å²) in [5, 5.41) is 0.0792. The van der Waals surface area contributed by atoms with Crippen molar-refractivity contribution in [1.82, 2.24) is 14.3 Å². The molecule has 6 nitrogen and oxygen atoms in total. The highest BCUT2D eigenvalue weighted by Gasteiger charge is 2.21. The van der Waals surface area contributed by atoms with Crippen molar-refractivity contribution in [1.29, 1.82) is 0 Å². The van der Waals surface area contributed by atoms with Crippen LogP contribution in [0.5, 0.6) is 5.75 Å². The van der Waals surface area contributed by atoms with E-state index in [-0.39, 0.29) is 18.2 Å². The van der Waals surface area contributed by atoms with Crippen LogP contribution in [-0.4, -0.2) is 42.9 Å². The number of aryl methyl sites for hydroxylation is 1. The molecular weight excluding hydrogens is 278 g/mol. The first kappa shape index (κ1) is 14.5. The van der Waals surface area contributed by atoms with Crippen molar-refractivity contribution in [2.75, 3.05) is 20.2 Å². The highest BCUT2D eigenvalue weighted by molar-refractivity contribution is 7.89. The van der Waals surface area contributed by atoms with E-state index < -0.39 is 10.0 Å². The van der Waals surface area contributed by atoms with E-state index in [4.69, 9.17) is 4.74 Å². The molecule has 0 amide bonds. The Hall–Kier alpha value is -1.86. The van der Waals surface area contributed by atoms with Gasteiger partial charge in [-0.3, -0.25) is 0 Å². The number of hydrogen-bond donors (Lipinski definition) is 1. The molecular formula is C13H17N3O3S. The summed E-state index contributed by atoms with van der Waals surface area (Å²) >= 11 is 0. The fraction of sp³-hybridized carbons (Fsp3) is 0.308. The number of benzene rings is 1. The molecule has 0 atom stereocenters. The molecule has 0 unspecified atom stereocenters. The zero-order valence-corrected chi connectivity index (χ0v) is 12.2.